The first-order valence-electron chi connectivity index (χ1n) is 6.80. The number of amides is 1. The maximum atomic E-state index is 11.8. The summed E-state index contributed by atoms with van der Waals surface area (Å²) < 4.78 is 6.44. The predicted octanol–water partition coefficient (Wildman–Crippen LogP) is 2.93. The van der Waals surface area contributed by atoms with Gasteiger partial charge in [0.1, 0.15) is 6.33 Å². The molecule has 6 heteroatoms. The molecule has 1 heterocycles. The van der Waals surface area contributed by atoms with Crippen molar-refractivity contribution in [2.24, 2.45) is 5.92 Å². The van der Waals surface area contributed by atoms with E-state index in [-0.39, 0.29) is 18.6 Å². The van der Waals surface area contributed by atoms with Crippen molar-refractivity contribution in [1.82, 2.24) is 15.3 Å². The van der Waals surface area contributed by atoms with Gasteiger partial charge in [0.25, 0.3) is 5.91 Å². The molecule has 2 aromatic rings. The molecule has 1 aromatic carbocycles. The Hall–Kier alpha value is -1.69. The van der Waals surface area contributed by atoms with Crippen LogP contribution in [0.2, 0.25) is 0 Å². The molecule has 0 fully saturated rings. The van der Waals surface area contributed by atoms with E-state index in [4.69, 9.17) is 4.74 Å². The molecule has 2 rings (SSSR count). The quantitative estimate of drug-likeness (QED) is 0.899. The van der Waals surface area contributed by atoms with Crippen molar-refractivity contribution in [3.8, 4) is 5.88 Å². The Morgan fingerprint density at radius 2 is 2.10 bits per heavy atom. The number of nitrogens with one attached hydrogen (secondary N) is 1. The van der Waals surface area contributed by atoms with Crippen LogP contribution in [0.1, 0.15) is 20.8 Å². The van der Waals surface area contributed by atoms with Gasteiger partial charge in [-0.1, -0.05) is 29.8 Å². The molecule has 0 unspecified atom stereocenters. The number of hydrogen-bond donors (Lipinski definition) is 1. The number of aromatic nitrogens is 2. The van der Waals surface area contributed by atoms with Gasteiger partial charge >= 0.3 is 0 Å². The first-order chi connectivity index (χ1) is 9.97. The summed E-state index contributed by atoms with van der Waals surface area (Å²) in [6.45, 7) is 6.03. The summed E-state index contributed by atoms with van der Waals surface area (Å²) in [5.74, 6) is 0.636. The van der Waals surface area contributed by atoms with Gasteiger partial charge in [0, 0.05) is 10.5 Å². The summed E-state index contributed by atoms with van der Waals surface area (Å²) in [5, 5.41) is 3.67. The Bertz CT molecular complexity index is 646. The zero-order valence-corrected chi connectivity index (χ0v) is 13.8. The highest BCUT2D eigenvalue weighted by Gasteiger charge is 2.12. The highest BCUT2D eigenvalue weighted by atomic mass is 79.9. The minimum atomic E-state index is -0.155. The van der Waals surface area contributed by atoms with Gasteiger partial charge in [-0.25, -0.2) is 9.97 Å². The molecule has 1 atom stereocenters. The number of nitrogens with zero attached hydrogens (tertiary/aromatic N) is 2. The van der Waals surface area contributed by atoms with Crippen molar-refractivity contribution in [1.29, 1.82) is 0 Å². The number of rotatable bonds is 5. The Kier molecular flexibility index (Phi) is 5.12. The van der Waals surface area contributed by atoms with Crippen molar-refractivity contribution >= 4 is 32.7 Å². The van der Waals surface area contributed by atoms with E-state index in [0.29, 0.717) is 11.8 Å². The molecule has 1 amide bonds. The number of ether oxygens (including phenoxy) is 1. The van der Waals surface area contributed by atoms with Gasteiger partial charge in [0.2, 0.25) is 5.88 Å². The summed E-state index contributed by atoms with van der Waals surface area (Å²) in [6.07, 6.45) is 1.43. The van der Waals surface area contributed by atoms with Crippen LogP contribution < -0.4 is 10.1 Å². The number of halogens is 1. The molecular formula is C15H18BrN3O2. The van der Waals surface area contributed by atoms with Crippen LogP contribution in [-0.4, -0.2) is 28.5 Å². The van der Waals surface area contributed by atoms with Gasteiger partial charge < -0.3 is 10.1 Å². The lowest BCUT2D eigenvalue weighted by Crippen LogP contribution is -2.39. The topological polar surface area (TPSA) is 64.1 Å². The molecule has 1 aromatic heterocycles. The van der Waals surface area contributed by atoms with Crippen LogP contribution in [0.5, 0.6) is 5.88 Å². The van der Waals surface area contributed by atoms with E-state index in [1.165, 1.54) is 6.33 Å². The summed E-state index contributed by atoms with van der Waals surface area (Å²) in [6, 6.07) is 5.75. The van der Waals surface area contributed by atoms with E-state index in [1.54, 1.807) is 0 Å². The fraction of sp³-hybridized carbons (Fsp3) is 0.400. The Labute approximate surface area is 132 Å². The molecule has 5 nitrogen and oxygen atoms in total. The monoisotopic (exact) mass is 351 g/mol. The SMILES string of the molecule is CC(C)[C@H](C)NC(=O)COc1ncnc2ccc(Br)cc12. The van der Waals surface area contributed by atoms with Crippen molar-refractivity contribution in [2.45, 2.75) is 26.8 Å². The number of hydrogen-bond acceptors (Lipinski definition) is 4. The van der Waals surface area contributed by atoms with Crippen molar-refractivity contribution in [3.05, 3.63) is 29.0 Å². The third-order valence-electron chi connectivity index (χ3n) is 3.29. The van der Waals surface area contributed by atoms with Gasteiger partial charge in [-0.15, -0.1) is 0 Å². The second-order valence-electron chi connectivity index (χ2n) is 5.23. The van der Waals surface area contributed by atoms with Crippen LogP contribution in [-0.2, 0) is 4.79 Å². The van der Waals surface area contributed by atoms with Crippen LogP contribution in [0.4, 0.5) is 0 Å². The van der Waals surface area contributed by atoms with Gasteiger partial charge in [0.15, 0.2) is 6.61 Å². The molecule has 0 bridgehead atoms. The molecule has 0 saturated heterocycles. The maximum Gasteiger partial charge on any atom is 0.258 e. The average Bonchev–Trinajstić information content (AvgIpc) is 2.44. The van der Waals surface area contributed by atoms with Gasteiger partial charge in [-0.3, -0.25) is 4.79 Å². The average molecular weight is 352 g/mol. The van der Waals surface area contributed by atoms with E-state index in [1.807, 2.05) is 25.1 Å². The smallest absolute Gasteiger partial charge is 0.258 e. The summed E-state index contributed by atoms with van der Waals surface area (Å²) in [5.41, 5.74) is 0.777. The molecule has 0 spiro atoms. The van der Waals surface area contributed by atoms with E-state index in [2.05, 4.69) is 45.1 Å². The number of carbonyl (C=O) groups excluding carboxylic acids is 1. The minimum absolute atomic E-state index is 0.0598. The van der Waals surface area contributed by atoms with E-state index < -0.39 is 0 Å². The van der Waals surface area contributed by atoms with Gasteiger partial charge in [0.05, 0.1) is 10.9 Å². The van der Waals surface area contributed by atoms with Gasteiger partial charge in [-0.2, -0.15) is 0 Å². The lowest BCUT2D eigenvalue weighted by Gasteiger charge is -2.17. The van der Waals surface area contributed by atoms with Crippen LogP contribution >= 0.6 is 15.9 Å². The van der Waals surface area contributed by atoms with Crippen LogP contribution in [0.3, 0.4) is 0 Å². The Balaban J connectivity index is 2.07. The minimum Gasteiger partial charge on any atom is -0.467 e. The standard InChI is InChI=1S/C15H18BrN3O2/c1-9(2)10(3)19-14(20)7-21-15-12-6-11(16)4-5-13(12)17-8-18-15/h4-6,8-10H,7H2,1-3H3,(H,19,20)/t10-/m0/s1. The van der Waals surface area contributed by atoms with Crippen molar-refractivity contribution in [3.63, 3.8) is 0 Å². The highest BCUT2D eigenvalue weighted by Crippen LogP contribution is 2.24. The summed E-state index contributed by atoms with van der Waals surface area (Å²) >= 11 is 3.40. The molecule has 21 heavy (non-hydrogen) atoms. The molecule has 112 valence electrons. The maximum absolute atomic E-state index is 11.8. The molecule has 0 radical (unpaired) electrons. The molecule has 1 N–H and O–H groups in total. The second-order valence-corrected chi connectivity index (χ2v) is 6.14. The highest BCUT2D eigenvalue weighted by molar-refractivity contribution is 9.10. The Morgan fingerprint density at radius 3 is 2.81 bits per heavy atom. The summed E-state index contributed by atoms with van der Waals surface area (Å²) in [4.78, 5) is 20.1. The zero-order valence-electron chi connectivity index (χ0n) is 12.3. The van der Waals surface area contributed by atoms with Crippen molar-refractivity contribution < 1.29 is 9.53 Å². The fourth-order valence-corrected chi connectivity index (χ4v) is 2.08. The Morgan fingerprint density at radius 1 is 1.33 bits per heavy atom. The van der Waals surface area contributed by atoms with E-state index >= 15 is 0 Å². The molecular weight excluding hydrogens is 334 g/mol. The third kappa shape index (κ3) is 4.14. The molecule has 0 aliphatic rings. The molecule has 0 aliphatic heterocycles. The summed E-state index contributed by atoms with van der Waals surface area (Å²) in [7, 11) is 0. The largest absolute Gasteiger partial charge is 0.467 e. The lowest BCUT2D eigenvalue weighted by atomic mass is 10.1. The number of carbonyl (C=O) groups is 1. The van der Waals surface area contributed by atoms with E-state index in [9.17, 15) is 4.79 Å². The first-order valence-corrected chi connectivity index (χ1v) is 7.59. The zero-order chi connectivity index (χ0) is 15.4. The second kappa shape index (κ2) is 6.85. The first kappa shape index (κ1) is 15.7. The third-order valence-corrected chi connectivity index (χ3v) is 3.78. The predicted molar refractivity (Wildman–Crippen MR) is 85.2 cm³/mol. The normalized spacial score (nSPS) is 12.4. The van der Waals surface area contributed by atoms with Gasteiger partial charge in [-0.05, 0) is 31.0 Å². The fourth-order valence-electron chi connectivity index (χ4n) is 1.72. The molecule has 0 saturated carbocycles. The van der Waals surface area contributed by atoms with Crippen LogP contribution in [0, 0.1) is 5.92 Å². The molecule has 0 aliphatic carbocycles. The lowest BCUT2D eigenvalue weighted by molar-refractivity contribution is -0.124. The van der Waals surface area contributed by atoms with Crippen LogP contribution in [0.25, 0.3) is 10.9 Å². The number of benzene rings is 1. The number of fused-ring (bicyclic) bond motifs is 1. The van der Waals surface area contributed by atoms with Crippen LogP contribution in [0.15, 0.2) is 29.0 Å². The van der Waals surface area contributed by atoms with Crippen molar-refractivity contribution in [2.75, 3.05) is 6.61 Å². The van der Waals surface area contributed by atoms with E-state index in [0.717, 1.165) is 15.4 Å².